The molecule has 0 aromatic heterocycles. The van der Waals surface area contributed by atoms with Crippen molar-refractivity contribution in [2.75, 3.05) is 13.2 Å². The standard InChI is InChI=1S/C59H72O10/c1-9-35-64-54(63)59-32-27-41(37(2)3)47(59)42-25-26-45-56(6)30-29-46(55(4,5)44(56)28-31-58(45,8)57(42,7)33-34-59)67-53-49(69-52(62)40-23-17-12-18-24-40)48(68-51(61)39-21-15-11-16-22-39)43(36-65-53)66-50(60)38-19-13-10-14-20-38/h9-24,41-49,53H,1-2,25-36H2,3-8H3/t41-,42+,43-,44-,45+,46-,47+,48-,49+,53-,56-,57+,58+,59-/m0/s1. The topological polar surface area (TPSA) is 124 Å². The van der Waals surface area contributed by atoms with E-state index in [2.05, 4.69) is 54.7 Å². The number of rotatable bonds is 12. The lowest BCUT2D eigenvalue weighted by Gasteiger charge is -2.73. The number of carbonyl (C=O) groups is 4. The van der Waals surface area contributed by atoms with Gasteiger partial charge in [0.15, 0.2) is 24.6 Å². The molecule has 1 saturated heterocycles. The van der Waals surface area contributed by atoms with E-state index in [1.807, 2.05) is 6.07 Å². The summed E-state index contributed by atoms with van der Waals surface area (Å²) in [5.41, 5.74) is 1.36. The smallest absolute Gasteiger partial charge is 0.338 e. The van der Waals surface area contributed by atoms with Crippen LogP contribution in [0, 0.1) is 56.7 Å². The van der Waals surface area contributed by atoms with E-state index in [9.17, 15) is 19.2 Å². The minimum atomic E-state index is -1.30. The first-order valence-corrected chi connectivity index (χ1v) is 25.5. The summed E-state index contributed by atoms with van der Waals surface area (Å²) in [6.45, 7) is 22.9. The third-order valence-electron chi connectivity index (χ3n) is 19.2. The summed E-state index contributed by atoms with van der Waals surface area (Å²) in [5.74, 6) is -0.318. The Morgan fingerprint density at radius 2 is 1.23 bits per heavy atom. The highest BCUT2D eigenvalue weighted by Gasteiger charge is 2.72. The lowest BCUT2D eigenvalue weighted by molar-refractivity contribution is -0.310. The van der Waals surface area contributed by atoms with Crippen LogP contribution in [0.3, 0.4) is 0 Å². The van der Waals surface area contributed by atoms with Gasteiger partial charge in [-0.15, -0.1) is 0 Å². The highest BCUT2D eigenvalue weighted by atomic mass is 16.7. The van der Waals surface area contributed by atoms with Gasteiger partial charge < -0.3 is 28.4 Å². The Morgan fingerprint density at radius 1 is 0.652 bits per heavy atom. The van der Waals surface area contributed by atoms with Crippen LogP contribution in [0.1, 0.15) is 137 Å². The number of hydrogen-bond donors (Lipinski definition) is 0. The van der Waals surface area contributed by atoms with E-state index in [1.165, 1.54) is 5.57 Å². The normalized spacial score (nSPS) is 37.5. The molecule has 3 aromatic carbocycles. The minimum Gasteiger partial charge on any atom is -0.461 e. The van der Waals surface area contributed by atoms with Crippen molar-refractivity contribution < 1.29 is 47.6 Å². The largest absolute Gasteiger partial charge is 0.461 e. The van der Waals surface area contributed by atoms with Gasteiger partial charge in [-0.25, -0.2) is 14.4 Å². The minimum absolute atomic E-state index is 0.00226. The fraction of sp³-hybridized carbons (Fsp3) is 0.559. The Hall–Kier alpha value is -5.06. The fourth-order valence-electron chi connectivity index (χ4n) is 15.7. The van der Waals surface area contributed by atoms with Gasteiger partial charge in [0.05, 0.1) is 34.8 Å². The molecule has 9 rings (SSSR count). The van der Waals surface area contributed by atoms with Crippen LogP contribution in [-0.2, 0) is 33.2 Å². The molecule has 69 heavy (non-hydrogen) atoms. The lowest BCUT2D eigenvalue weighted by Crippen LogP contribution is -2.67. The van der Waals surface area contributed by atoms with E-state index in [4.69, 9.17) is 28.4 Å². The van der Waals surface area contributed by atoms with Gasteiger partial charge in [0.1, 0.15) is 6.61 Å². The van der Waals surface area contributed by atoms with Gasteiger partial charge in [-0.05, 0) is 159 Å². The first kappa shape index (κ1) is 48.9. The number of carbonyl (C=O) groups excluding carboxylic acids is 4. The van der Waals surface area contributed by atoms with Crippen molar-refractivity contribution in [1.82, 2.24) is 0 Å². The van der Waals surface area contributed by atoms with Gasteiger partial charge in [-0.2, -0.15) is 0 Å². The zero-order valence-electron chi connectivity index (χ0n) is 41.5. The molecule has 0 bridgehead atoms. The summed E-state index contributed by atoms with van der Waals surface area (Å²) in [4.78, 5) is 55.7. The third-order valence-corrected chi connectivity index (χ3v) is 19.2. The van der Waals surface area contributed by atoms with Crippen LogP contribution in [0.4, 0.5) is 0 Å². The Labute approximate surface area is 408 Å². The molecular formula is C59H72O10. The zero-order chi connectivity index (χ0) is 48.9. The second kappa shape index (κ2) is 18.9. The molecule has 0 amide bonds. The van der Waals surface area contributed by atoms with Gasteiger partial charge in [-0.3, -0.25) is 4.79 Å². The van der Waals surface area contributed by atoms with Crippen molar-refractivity contribution in [3.63, 3.8) is 0 Å². The second-order valence-electron chi connectivity index (χ2n) is 22.7. The second-order valence-corrected chi connectivity index (χ2v) is 22.7. The summed E-state index contributed by atoms with van der Waals surface area (Å²) in [6, 6.07) is 25.8. The first-order chi connectivity index (χ1) is 33.0. The van der Waals surface area contributed by atoms with Crippen LogP contribution in [0.2, 0.25) is 0 Å². The number of benzene rings is 3. The van der Waals surface area contributed by atoms with Crippen molar-refractivity contribution in [3.8, 4) is 0 Å². The van der Waals surface area contributed by atoms with Gasteiger partial charge in [-0.1, -0.05) is 114 Å². The molecule has 10 nitrogen and oxygen atoms in total. The fourth-order valence-corrected chi connectivity index (χ4v) is 15.7. The molecule has 1 heterocycles. The van der Waals surface area contributed by atoms with Crippen molar-refractivity contribution in [1.29, 1.82) is 0 Å². The average Bonchev–Trinajstić information content (AvgIpc) is 3.75. The predicted molar refractivity (Wildman–Crippen MR) is 262 cm³/mol. The monoisotopic (exact) mass is 941 g/mol. The highest BCUT2D eigenvalue weighted by Crippen LogP contribution is 2.77. The maximum absolute atomic E-state index is 14.1. The first-order valence-electron chi connectivity index (χ1n) is 25.5. The van der Waals surface area contributed by atoms with E-state index in [1.54, 1.807) is 91.0 Å². The number of ether oxygens (including phenoxy) is 6. The molecule has 5 saturated carbocycles. The molecule has 14 atom stereocenters. The summed E-state index contributed by atoms with van der Waals surface area (Å²) < 4.78 is 38.3. The molecule has 0 N–H and O–H groups in total. The molecule has 1 aliphatic heterocycles. The Balaban J connectivity index is 0.996. The predicted octanol–water partition coefficient (Wildman–Crippen LogP) is 11.8. The maximum Gasteiger partial charge on any atom is 0.338 e. The maximum atomic E-state index is 14.1. The van der Waals surface area contributed by atoms with E-state index < -0.39 is 47.9 Å². The third kappa shape index (κ3) is 8.39. The SMILES string of the molecule is C=CCOC(=O)[C@]12CC[C@@H](C(=C)C)[C@@H]1[C@H]1CC[C@@H]3[C@@]4(C)CC[C@H](O[C@@H]5OC[C@H](OC(=O)c6ccccc6)[C@H](OC(=O)c6ccccc6)[C@H]5OC(=O)c5ccccc5)C(C)(C)[C@@H]4CC[C@@]3(C)[C@]1(C)CC2. The lowest BCUT2D eigenvalue weighted by atomic mass is 9.32. The van der Waals surface area contributed by atoms with Crippen molar-refractivity contribution in [3.05, 3.63) is 132 Å². The van der Waals surface area contributed by atoms with Crippen LogP contribution in [-0.4, -0.2) is 67.8 Å². The van der Waals surface area contributed by atoms with E-state index in [-0.39, 0.29) is 52.9 Å². The van der Waals surface area contributed by atoms with E-state index in [0.717, 1.165) is 64.2 Å². The Kier molecular flexibility index (Phi) is 13.4. The summed E-state index contributed by atoms with van der Waals surface area (Å²) in [6.07, 6.45) is 6.16. The van der Waals surface area contributed by atoms with E-state index in [0.29, 0.717) is 40.4 Å². The van der Waals surface area contributed by atoms with Gasteiger partial charge in [0.2, 0.25) is 0 Å². The van der Waals surface area contributed by atoms with Crippen molar-refractivity contribution in [2.24, 2.45) is 56.7 Å². The average molecular weight is 941 g/mol. The van der Waals surface area contributed by atoms with Gasteiger partial charge >= 0.3 is 23.9 Å². The number of hydrogen-bond acceptors (Lipinski definition) is 10. The van der Waals surface area contributed by atoms with Crippen LogP contribution in [0.25, 0.3) is 0 Å². The molecule has 0 unspecified atom stereocenters. The highest BCUT2D eigenvalue weighted by molar-refractivity contribution is 5.91. The summed E-state index contributed by atoms with van der Waals surface area (Å²) >= 11 is 0. The zero-order valence-corrected chi connectivity index (χ0v) is 41.5. The molecular weight excluding hydrogens is 869 g/mol. The summed E-state index contributed by atoms with van der Waals surface area (Å²) in [7, 11) is 0. The molecule has 5 aliphatic carbocycles. The molecule has 10 heteroatoms. The van der Waals surface area contributed by atoms with Gasteiger partial charge in [0, 0.05) is 0 Å². The van der Waals surface area contributed by atoms with Crippen LogP contribution < -0.4 is 0 Å². The van der Waals surface area contributed by atoms with Crippen LogP contribution >= 0.6 is 0 Å². The van der Waals surface area contributed by atoms with Crippen molar-refractivity contribution in [2.45, 2.75) is 136 Å². The number of esters is 4. The molecule has 6 fully saturated rings. The molecule has 0 spiro atoms. The van der Waals surface area contributed by atoms with Gasteiger partial charge in [0.25, 0.3) is 0 Å². The Bertz CT molecular complexity index is 2400. The molecule has 6 aliphatic rings. The Morgan fingerprint density at radius 3 is 1.81 bits per heavy atom. The van der Waals surface area contributed by atoms with Crippen LogP contribution in [0.5, 0.6) is 0 Å². The quantitative estimate of drug-likeness (QED) is 0.0750. The van der Waals surface area contributed by atoms with Crippen molar-refractivity contribution >= 4 is 23.9 Å². The molecule has 0 radical (unpaired) electrons. The van der Waals surface area contributed by atoms with E-state index >= 15 is 0 Å². The number of fused-ring (bicyclic) bond motifs is 7. The molecule has 368 valence electrons. The number of allylic oxidation sites excluding steroid dienone is 1. The molecule has 3 aromatic rings. The summed E-state index contributed by atoms with van der Waals surface area (Å²) in [5, 5.41) is 0. The van der Waals surface area contributed by atoms with Crippen LogP contribution in [0.15, 0.2) is 116 Å².